The molecule has 29 heavy (non-hydrogen) atoms. The summed E-state index contributed by atoms with van der Waals surface area (Å²) in [6.45, 7) is 0. The number of rotatable bonds is 3. The topological polar surface area (TPSA) is 58.6 Å². The largest absolute Gasteiger partial charge is 0.465 e. The number of hydrogen-bond acceptors (Lipinski definition) is 4. The number of benzene rings is 3. The summed E-state index contributed by atoms with van der Waals surface area (Å²) in [5, 5.41) is 3.27. The van der Waals surface area contributed by atoms with Gasteiger partial charge in [-0.2, -0.15) is 0 Å². The molecule has 1 atom stereocenters. The second-order valence-corrected chi connectivity index (χ2v) is 6.89. The lowest BCUT2D eigenvalue weighted by Gasteiger charge is -2.38. The van der Waals surface area contributed by atoms with E-state index in [2.05, 4.69) is 5.32 Å². The molecule has 3 aromatic rings. The Bertz CT molecular complexity index is 1100. The highest BCUT2D eigenvalue weighted by Gasteiger charge is 2.34. The summed E-state index contributed by atoms with van der Waals surface area (Å²) in [4.78, 5) is 26.5. The zero-order valence-electron chi connectivity index (χ0n) is 15.4. The van der Waals surface area contributed by atoms with Gasteiger partial charge < -0.3 is 10.1 Å². The highest BCUT2D eigenvalue weighted by molar-refractivity contribution is 6.31. The van der Waals surface area contributed by atoms with E-state index in [0.717, 1.165) is 5.56 Å². The highest BCUT2D eigenvalue weighted by Crippen LogP contribution is 2.37. The Labute approximate surface area is 171 Å². The number of para-hydroxylation sites is 1. The van der Waals surface area contributed by atoms with Gasteiger partial charge in [0.2, 0.25) is 0 Å². The van der Waals surface area contributed by atoms with Gasteiger partial charge in [-0.1, -0.05) is 35.9 Å². The van der Waals surface area contributed by atoms with Gasteiger partial charge in [0.25, 0.3) is 5.91 Å². The first-order valence-corrected chi connectivity index (χ1v) is 9.20. The maximum absolute atomic E-state index is 13.7. The summed E-state index contributed by atoms with van der Waals surface area (Å²) < 4.78 is 18.4. The van der Waals surface area contributed by atoms with Crippen LogP contribution in [-0.2, 0) is 4.74 Å². The average Bonchev–Trinajstić information content (AvgIpc) is 2.75. The van der Waals surface area contributed by atoms with Crippen molar-refractivity contribution in [3.8, 4) is 0 Å². The molecule has 4 rings (SSSR count). The molecule has 0 aromatic heterocycles. The molecule has 1 N–H and O–H groups in total. The van der Waals surface area contributed by atoms with E-state index < -0.39 is 18.0 Å². The number of nitrogens with zero attached hydrogens (tertiary/aromatic N) is 1. The molecule has 1 amide bonds. The average molecular weight is 411 g/mol. The van der Waals surface area contributed by atoms with Crippen molar-refractivity contribution in [1.82, 2.24) is 0 Å². The summed E-state index contributed by atoms with van der Waals surface area (Å²) in [6, 6.07) is 18.0. The van der Waals surface area contributed by atoms with Crippen molar-refractivity contribution in [2.24, 2.45) is 0 Å². The Morgan fingerprint density at radius 2 is 1.83 bits per heavy atom. The second kappa shape index (κ2) is 7.56. The number of ether oxygens (including phenoxy) is 1. The van der Waals surface area contributed by atoms with Gasteiger partial charge in [0, 0.05) is 11.4 Å². The lowest BCUT2D eigenvalue weighted by molar-refractivity contribution is 0.0600. The number of halogens is 2. The van der Waals surface area contributed by atoms with Gasteiger partial charge in [-0.3, -0.25) is 9.69 Å². The highest BCUT2D eigenvalue weighted by atomic mass is 35.5. The third-order valence-corrected chi connectivity index (χ3v) is 5.05. The molecule has 0 spiro atoms. The summed E-state index contributed by atoms with van der Waals surface area (Å²) >= 11 is 5.96. The second-order valence-electron chi connectivity index (χ2n) is 6.48. The maximum Gasteiger partial charge on any atom is 0.337 e. The summed E-state index contributed by atoms with van der Waals surface area (Å²) in [6.07, 6.45) is -0.578. The molecular formula is C22H16ClFN2O3. The molecule has 0 unspecified atom stereocenters. The zero-order valence-corrected chi connectivity index (χ0v) is 16.1. The molecule has 7 heteroatoms. The Hall–Kier alpha value is -3.38. The first-order valence-electron chi connectivity index (χ1n) is 8.82. The molecule has 3 aromatic carbocycles. The van der Waals surface area contributed by atoms with Crippen molar-refractivity contribution in [3.63, 3.8) is 0 Å². The standard InChI is InChI=1S/C22H16ClFN2O3/c1-29-22(28)14-8-6-13(7-9-14)20-25-19-5-3-2-4-16(19)21(27)26(20)15-10-11-18(24)17(23)12-15/h2-12,20,25H,1H3/t20-/m1/s1. The van der Waals surface area contributed by atoms with Crippen molar-refractivity contribution < 1.29 is 18.7 Å². The molecule has 1 aliphatic heterocycles. The first-order chi connectivity index (χ1) is 14.0. The van der Waals surface area contributed by atoms with E-state index in [9.17, 15) is 14.0 Å². The normalized spacial score (nSPS) is 15.5. The first kappa shape index (κ1) is 19.0. The monoisotopic (exact) mass is 410 g/mol. The zero-order chi connectivity index (χ0) is 20.5. The van der Waals surface area contributed by atoms with Crippen LogP contribution in [0.5, 0.6) is 0 Å². The van der Waals surface area contributed by atoms with Gasteiger partial charge in [-0.05, 0) is 48.0 Å². The van der Waals surface area contributed by atoms with Gasteiger partial charge in [0.05, 0.1) is 23.3 Å². The van der Waals surface area contributed by atoms with Crippen LogP contribution in [0.2, 0.25) is 5.02 Å². The molecule has 0 radical (unpaired) electrons. The molecule has 0 bridgehead atoms. The number of nitrogens with one attached hydrogen (secondary N) is 1. The Kier molecular flexibility index (Phi) is 4.94. The van der Waals surface area contributed by atoms with Crippen molar-refractivity contribution >= 4 is 34.9 Å². The fraction of sp³-hybridized carbons (Fsp3) is 0.0909. The van der Waals surface area contributed by atoms with Crippen molar-refractivity contribution in [2.75, 3.05) is 17.3 Å². The maximum atomic E-state index is 13.7. The van der Waals surface area contributed by atoms with Gasteiger partial charge in [-0.15, -0.1) is 0 Å². The molecule has 5 nitrogen and oxygen atoms in total. The van der Waals surface area contributed by atoms with Crippen LogP contribution >= 0.6 is 11.6 Å². The lowest BCUT2D eigenvalue weighted by atomic mass is 10.0. The molecular weight excluding hydrogens is 395 g/mol. The number of amides is 1. The molecule has 1 heterocycles. The molecule has 1 aliphatic rings. The van der Waals surface area contributed by atoms with Gasteiger partial charge >= 0.3 is 5.97 Å². The van der Waals surface area contributed by atoms with Gasteiger partial charge in [0.15, 0.2) is 0 Å². The lowest BCUT2D eigenvalue weighted by Crippen LogP contribution is -2.43. The number of carbonyl (C=O) groups is 2. The number of esters is 1. The van der Waals surface area contributed by atoms with Crippen LogP contribution in [0.15, 0.2) is 66.7 Å². The van der Waals surface area contributed by atoms with E-state index in [1.54, 1.807) is 36.4 Å². The summed E-state index contributed by atoms with van der Waals surface area (Å²) in [5.41, 5.74) is 2.76. The minimum Gasteiger partial charge on any atom is -0.465 e. The fourth-order valence-corrected chi connectivity index (χ4v) is 3.48. The third-order valence-electron chi connectivity index (χ3n) is 4.76. The van der Waals surface area contributed by atoms with E-state index in [4.69, 9.17) is 16.3 Å². The molecule has 0 fully saturated rings. The van der Waals surface area contributed by atoms with E-state index in [0.29, 0.717) is 22.5 Å². The van der Waals surface area contributed by atoms with E-state index in [1.807, 2.05) is 12.1 Å². The van der Waals surface area contributed by atoms with Crippen LogP contribution in [0, 0.1) is 5.82 Å². The Morgan fingerprint density at radius 3 is 2.52 bits per heavy atom. The quantitative estimate of drug-likeness (QED) is 0.615. The third kappa shape index (κ3) is 3.43. The molecule has 0 saturated carbocycles. The smallest absolute Gasteiger partial charge is 0.337 e. The number of methoxy groups -OCH3 is 1. The van der Waals surface area contributed by atoms with Crippen LogP contribution < -0.4 is 10.2 Å². The summed E-state index contributed by atoms with van der Waals surface area (Å²) in [5.74, 6) is -1.26. The van der Waals surface area contributed by atoms with E-state index in [1.165, 1.54) is 30.2 Å². The van der Waals surface area contributed by atoms with Crippen LogP contribution in [0.3, 0.4) is 0 Å². The molecule has 0 saturated heterocycles. The number of hydrogen-bond donors (Lipinski definition) is 1. The van der Waals surface area contributed by atoms with Crippen molar-refractivity contribution in [2.45, 2.75) is 6.17 Å². The van der Waals surface area contributed by atoms with E-state index in [-0.39, 0.29) is 10.9 Å². The van der Waals surface area contributed by atoms with Crippen LogP contribution in [0.4, 0.5) is 15.8 Å². The van der Waals surface area contributed by atoms with Crippen LogP contribution in [0.1, 0.15) is 32.4 Å². The van der Waals surface area contributed by atoms with Gasteiger partial charge in [0.1, 0.15) is 12.0 Å². The number of carbonyl (C=O) groups excluding carboxylic acids is 2. The Balaban J connectivity index is 1.81. The van der Waals surface area contributed by atoms with Crippen molar-refractivity contribution in [1.29, 1.82) is 0 Å². The van der Waals surface area contributed by atoms with Crippen molar-refractivity contribution in [3.05, 3.63) is 94.3 Å². The fourth-order valence-electron chi connectivity index (χ4n) is 3.31. The minimum atomic E-state index is -0.578. The minimum absolute atomic E-state index is 0.0750. The summed E-state index contributed by atoms with van der Waals surface area (Å²) in [7, 11) is 1.31. The number of anilines is 2. The molecule has 146 valence electrons. The molecule has 0 aliphatic carbocycles. The van der Waals surface area contributed by atoms with Crippen LogP contribution in [0.25, 0.3) is 0 Å². The van der Waals surface area contributed by atoms with Crippen LogP contribution in [-0.4, -0.2) is 19.0 Å². The number of fused-ring (bicyclic) bond motifs is 1. The predicted octanol–water partition coefficient (Wildman–Crippen LogP) is 5.04. The predicted molar refractivity (Wildman–Crippen MR) is 109 cm³/mol. The van der Waals surface area contributed by atoms with E-state index >= 15 is 0 Å². The Morgan fingerprint density at radius 1 is 1.10 bits per heavy atom. The van der Waals surface area contributed by atoms with Gasteiger partial charge in [-0.25, -0.2) is 9.18 Å². The SMILES string of the molecule is COC(=O)c1ccc([C@@H]2Nc3ccccc3C(=O)N2c2ccc(F)c(Cl)c2)cc1.